The molecule has 2 N–H and O–H groups in total. The van der Waals surface area contributed by atoms with E-state index in [9.17, 15) is 0 Å². The summed E-state index contributed by atoms with van der Waals surface area (Å²) in [5.41, 5.74) is 10.3. The summed E-state index contributed by atoms with van der Waals surface area (Å²) < 4.78 is 6.82. The van der Waals surface area contributed by atoms with Crippen LogP contribution in [-0.4, -0.2) is 0 Å². The van der Waals surface area contributed by atoms with Gasteiger partial charge in [0.2, 0.25) is 0 Å². The van der Waals surface area contributed by atoms with Gasteiger partial charge in [-0.1, -0.05) is 35.8 Å². The monoisotopic (exact) mass is 333 g/mol. The molecular formula is C17H20BrNO. The molecule has 2 aromatic carbocycles. The molecule has 0 unspecified atom stereocenters. The predicted octanol–water partition coefficient (Wildman–Crippen LogP) is 5.04. The molecule has 2 nitrogen and oxygen atoms in total. The molecule has 0 radical (unpaired) electrons. The highest BCUT2D eigenvalue weighted by atomic mass is 79.9. The van der Waals surface area contributed by atoms with E-state index in [0.29, 0.717) is 12.5 Å². The second-order valence-corrected chi connectivity index (χ2v) is 6.27. The third-order valence-electron chi connectivity index (χ3n) is 3.25. The van der Waals surface area contributed by atoms with Crippen molar-refractivity contribution in [2.24, 2.45) is 0 Å². The topological polar surface area (TPSA) is 35.2 Å². The number of rotatable bonds is 4. The van der Waals surface area contributed by atoms with Crippen LogP contribution >= 0.6 is 15.9 Å². The van der Waals surface area contributed by atoms with Crippen molar-refractivity contribution < 1.29 is 4.74 Å². The number of ether oxygens (including phenoxy) is 1. The van der Waals surface area contributed by atoms with Crippen molar-refractivity contribution in [3.63, 3.8) is 0 Å². The van der Waals surface area contributed by atoms with Gasteiger partial charge in [0.05, 0.1) is 0 Å². The zero-order valence-corrected chi connectivity index (χ0v) is 13.7. The van der Waals surface area contributed by atoms with Crippen LogP contribution in [0.25, 0.3) is 0 Å². The molecule has 0 aliphatic rings. The van der Waals surface area contributed by atoms with E-state index in [4.69, 9.17) is 10.5 Å². The fourth-order valence-electron chi connectivity index (χ4n) is 2.31. The van der Waals surface area contributed by atoms with Crippen LogP contribution in [0.3, 0.4) is 0 Å². The molecule has 0 saturated carbocycles. The lowest BCUT2D eigenvalue weighted by Gasteiger charge is -2.13. The van der Waals surface area contributed by atoms with Crippen LogP contribution in [0.1, 0.15) is 36.5 Å². The van der Waals surface area contributed by atoms with Crippen LogP contribution in [0.5, 0.6) is 5.75 Å². The van der Waals surface area contributed by atoms with Gasteiger partial charge in [0.25, 0.3) is 0 Å². The Bertz CT molecular complexity index is 588. The largest absolute Gasteiger partial charge is 0.489 e. The van der Waals surface area contributed by atoms with Gasteiger partial charge in [-0.25, -0.2) is 0 Å². The van der Waals surface area contributed by atoms with Crippen molar-refractivity contribution in [3.8, 4) is 5.75 Å². The molecule has 0 spiro atoms. The highest BCUT2D eigenvalue weighted by Gasteiger charge is 2.05. The lowest BCUT2D eigenvalue weighted by Crippen LogP contribution is -1.99. The molecule has 0 amide bonds. The zero-order chi connectivity index (χ0) is 14.7. The summed E-state index contributed by atoms with van der Waals surface area (Å²) in [5.74, 6) is 1.43. The molecule has 0 bridgehead atoms. The highest BCUT2D eigenvalue weighted by molar-refractivity contribution is 9.10. The Labute approximate surface area is 129 Å². The van der Waals surface area contributed by atoms with Gasteiger partial charge in [-0.15, -0.1) is 0 Å². The molecule has 0 fully saturated rings. The van der Waals surface area contributed by atoms with Crippen molar-refractivity contribution >= 4 is 21.6 Å². The molecule has 0 heterocycles. The van der Waals surface area contributed by atoms with Crippen LogP contribution in [0.2, 0.25) is 0 Å². The van der Waals surface area contributed by atoms with Gasteiger partial charge in [-0.2, -0.15) is 0 Å². The Morgan fingerprint density at radius 2 is 1.90 bits per heavy atom. The van der Waals surface area contributed by atoms with Crippen LogP contribution in [-0.2, 0) is 6.61 Å². The molecular weight excluding hydrogens is 314 g/mol. The standard InChI is InChI=1S/C17H20BrNO/c1-11(2)17-5-4-16(6-12(17)3)20-10-13-7-14(18)9-15(19)8-13/h4-9,11H,10,19H2,1-3H3. The van der Waals surface area contributed by atoms with E-state index in [1.54, 1.807) is 0 Å². The second kappa shape index (κ2) is 6.31. The average Bonchev–Trinajstić information content (AvgIpc) is 2.35. The fraction of sp³-hybridized carbons (Fsp3) is 0.294. The molecule has 20 heavy (non-hydrogen) atoms. The van der Waals surface area contributed by atoms with Gasteiger partial charge in [-0.05, 0) is 59.9 Å². The maximum atomic E-state index is 5.84. The third kappa shape index (κ3) is 3.76. The molecule has 0 aliphatic heterocycles. The van der Waals surface area contributed by atoms with E-state index in [1.807, 2.05) is 24.3 Å². The lowest BCUT2D eigenvalue weighted by molar-refractivity contribution is 0.306. The van der Waals surface area contributed by atoms with Gasteiger partial charge in [0.1, 0.15) is 12.4 Å². The summed E-state index contributed by atoms with van der Waals surface area (Å²) >= 11 is 3.44. The maximum Gasteiger partial charge on any atom is 0.120 e. The Kier molecular flexibility index (Phi) is 4.71. The molecule has 2 rings (SSSR count). The number of nitrogen functional groups attached to an aromatic ring is 1. The number of hydrogen-bond acceptors (Lipinski definition) is 2. The molecule has 0 atom stereocenters. The van der Waals surface area contributed by atoms with E-state index >= 15 is 0 Å². The Balaban J connectivity index is 2.09. The predicted molar refractivity (Wildman–Crippen MR) is 88.2 cm³/mol. The SMILES string of the molecule is Cc1cc(OCc2cc(N)cc(Br)c2)ccc1C(C)C. The number of halogens is 1. The number of nitrogens with two attached hydrogens (primary N) is 1. The first-order valence-electron chi connectivity index (χ1n) is 6.74. The lowest BCUT2D eigenvalue weighted by atomic mass is 9.98. The van der Waals surface area contributed by atoms with E-state index in [-0.39, 0.29) is 0 Å². The van der Waals surface area contributed by atoms with Gasteiger partial charge in [0.15, 0.2) is 0 Å². The van der Waals surface area contributed by atoms with E-state index in [2.05, 4.69) is 48.8 Å². The molecule has 0 aliphatic carbocycles. The van der Waals surface area contributed by atoms with Crippen molar-refractivity contribution in [2.45, 2.75) is 33.3 Å². The minimum absolute atomic E-state index is 0.518. The first kappa shape index (κ1) is 14.9. The summed E-state index contributed by atoms with van der Waals surface area (Å²) in [5, 5.41) is 0. The minimum Gasteiger partial charge on any atom is -0.489 e. The number of aryl methyl sites for hydroxylation is 1. The van der Waals surface area contributed by atoms with Gasteiger partial charge < -0.3 is 10.5 Å². The summed E-state index contributed by atoms with van der Waals surface area (Å²) in [6.07, 6.45) is 0. The van der Waals surface area contributed by atoms with Crippen LogP contribution in [0.15, 0.2) is 40.9 Å². The zero-order valence-electron chi connectivity index (χ0n) is 12.1. The molecule has 2 aromatic rings. The number of hydrogen-bond donors (Lipinski definition) is 1. The Morgan fingerprint density at radius 3 is 2.50 bits per heavy atom. The highest BCUT2D eigenvalue weighted by Crippen LogP contribution is 2.24. The van der Waals surface area contributed by atoms with Gasteiger partial charge in [-0.3, -0.25) is 0 Å². The van der Waals surface area contributed by atoms with Crippen molar-refractivity contribution in [1.29, 1.82) is 0 Å². The van der Waals surface area contributed by atoms with Crippen LogP contribution < -0.4 is 10.5 Å². The minimum atomic E-state index is 0.518. The normalized spacial score (nSPS) is 10.8. The van der Waals surface area contributed by atoms with E-state index < -0.39 is 0 Å². The van der Waals surface area contributed by atoms with Crippen molar-refractivity contribution in [1.82, 2.24) is 0 Å². The molecule has 3 heteroatoms. The Hall–Kier alpha value is -1.48. The first-order valence-corrected chi connectivity index (χ1v) is 7.53. The molecule has 106 valence electrons. The quantitative estimate of drug-likeness (QED) is 0.795. The molecule has 0 aromatic heterocycles. The average molecular weight is 334 g/mol. The van der Waals surface area contributed by atoms with E-state index in [0.717, 1.165) is 21.5 Å². The summed E-state index contributed by atoms with van der Waals surface area (Å²) in [4.78, 5) is 0. The fourth-order valence-corrected chi connectivity index (χ4v) is 2.87. The van der Waals surface area contributed by atoms with Crippen molar-refractivity contribution in [2.75, 3.05) is 5.73 Å². The van der Waals surface area contributed by atoms with Crippen LogP contribution in [0.4, 0.5) is 5.69 Å². The number of benzene rings is 2. The van der Waals surface area contributed by atoms with E-state index in [1.165, 1.54) is 11.1 Å². The second-order valence-electron chi connectivity index (χ2n) is 5.35. The maximum absolute atomic E-state index is 5.84. The summed E-state index contributed by atoms with van der Waals surface area (Å²) in [6.45, 7) is 7.05. The van der Waals surface area contributed by atoms with Gasteiger partial charge >= 0.3 is 0 Å². The Morgan fingerprint density at radius 1 is 1.15 bits per heavy atom. The van der Waals surface area contributed by atoms with Crippen molar-refractivity contribution in [3.05, 3.63) is 57.6 Å². The molecule has 0 saturated heterocycles. The number of anilines is 1. The first-order chi connectivity index (χ1) is 9.45. The summed E-state index contributed by atoms with van der Waals surface area (Å²) in [7, 11) is 0. The smallest absolute Gasteiger partial charge is 0.120 e. The van der Waals surface area contributed by atoms with Crippen LogP contribution in [0, 0.1) is 6.92 Å². The summed E-state index contributed by atoms with van der Waals surface area (Å²) in [6, 6.07) is 12.1. The van der Waals surface area contributed by atoms with Gasteiger partial charge in [0, 0.05) is 10.2 Å². The third-order valence-corrected chi connectivity index (χ3v) is 3.71.